The second kappa shape index (κ2) is 6.73. The summed E-state index contributed by atoms with van der Waals surface area (Å²) in [6.45, 7) is 1.87. The van der Waals surface area contributed by atoms with Gasteiger partial charge in [-0.2, -0.15) is 5.10 Å². The van der Waals surface area contributed by atoms with Crippen molar-refractivity contribution in [2.75, 3.05) is 5.01 Å². The first-order valence-corrected chi connectivity index (χ1v) is 8.63. The highest BCUT2D eigenvalue weighted by Crippen LogP contribution is 2.24. The highest BCUT2D eigenvalue weighted by molar-refractivity contribution is 6.38. The Morgan fingerprint density at radius 3 is 2.29 bits per heavy atom. The molecular weight excluding hydrogens is 362 g/mol. The van der Waals surface area contributed by atoms with Crippen LogP contribution in [0.1, 0.15) is 39.1 Å². The van der Waals surface area contributed by atoms with Crippen molar-refractivity contribution < 1.29 is 24.0 Å². The molecule has 2 aliphatic rings. The summed E-state index contributed by atoms with van der Waals surface area (Å²) in [5.41, 5.74) is 1.75. The molecule has 3 amide bonds. The molecule has 0 aliphatic carbocycles. The van der Waals surface area contributed by atoms with Gasteiger partial charge < -0.3 is 4.84 Å². The summed E-state index contributed by atoms with van der Waals surface area (Å²) >= 11 is 0. The number of hydroxylamine groups is 2. The number of carbonyl (C=O) groups excluding carboxylic acids is 4. The van der Waals surface area contributed by atoms with Gasteiger partial charge in [0.25, 0.3) is 11.8 Å². The SMILES string of the molecule is Cc1cccc(N2N=C(C(=O)ON3C(=O)c4ccccc4C3=O)CCC2=O)c1. The minimum atomic E-state index is -0.945. The van der Waals surface area contributed by atoms with Crippen molar-refractivity contribution in [3.05, 3.63) is 65.2 Å². The molecule has 4 rings (SSSR count). The van der Waals surface area contributed by atoms with E-state index >= 15 is 0 Å². The van der Waals surface area contributed by atoms with Crippen LogP contribution < -0.4 is 5.01 Å². The molecule has 28 heavy (non-hydrogen) atoms. The van der Waals surface area contributed by atoms with Gasteiger partial charge in [-0.3, -0.25) is 14.4 Å². The summed E-state index contributed by atoms with van der Waals surface area (Å²) in [6.07, 6.45) is 0.118. The normalized spacial score (nSPS) is 16.2. The highest BCUT2D eigenvalue weighted by Gasteiger charge is 2.40. The lowest BCUT2D eigenvalue weighted by Crippen LogP contribution is -2.39. The fourth-order valence-corrected chi connectivity index (χ4v) is 3.05. The van der Waals surface area contributed by atoms with Crippen molar-refractivity contribution >= 4 is 35.1 Å². The number of rotatable bonds is 3. The lowest BCUT2D eigenvalue weighted by molar-refractivity contribution is -0.159. The number of amides is 3. The highest BCUT2D eigenvalue weighted by atomic mass is 16.7. The van der Waals surface area contributed by atoms with Crippen LogP contribution in [0, 0.1) is 6.92 Å². The van der Waals surface area contributed by atoms with Gasteiger partial charge in [0, 0.05) is 12.8 Å². The molecule has 0 saturated heterocycles. The van der Waals surface area contributed by atoms with Crippen LogP contribution in [0.3, 0.4) is 0 Å². The summed E-state index contributed by atoms with van der Waals surface area (Å²) in [6, 6.07) is 13.3. The molecule has 0 fully saturated rings. The largest absolute Gasteiger partial charge is 0.379 e. The molecule has 2 heterocycles. The minimum Gasteiger partial charge on any atom is -0.323 e. The van der Waals surface area contributed by atoms with Crippen molar-refractivity contribution in [2.24, 2.45) is 5.10 Å². The van der Waals surface area contributed by atoms with Crippen LogP contribution >= 0.6 is 0 Å². The summed E-state index contributed by atoms with van der Waals surface area (Å²) in [5.74, 6) is -2.63. The Morgan fingerprint density at radius 1 is 0.964 bits per heavy atom. The minimum absolute atomic E-state index is 0.0438. The lowest BCUT2D eigenvalue weighted by atomic mass is 10.1. The first-order valence-electron chi connectivity index (χ1n) is 8.63. The molecule has 2 aliphatic heterocycles. The molecule has 8 nitrogen and oxygen atoms in total. The Morgan fingerprint density at radius 2 is 1.64 bits per heavy atom. The van der Waals surface area contributed by atoms with Gasteiger partial charge in [-0.1, -0.05) is 29.3 Å². The standard InChI is InChI=1S/C20H15N3O5/c1-12-5-4-6-13(11-12)22-17(24)10-9-16(21-22)20(27)28-23-18(25)14-7-2-3-8-15(14)19(23)26/h2-8,11H,9-10H2,1H3. The van der Waals surface area contributed by atoms with Crippen LogP contribution in [0.2, 0.25) is 0 Å². The number of anilines is 1. The zero-order valence-electron chi connectivity index (χ0n) is 14.9. The molecule has 0 bridgehead atoms. The molecule has 2 aromatic carbocycles. The quantitative estimate of drug-likeness (QED) is 0.764. The maximum absolute atomic E-state index is 12.5. The number of hydrogen-bond donors (Lipinski definition) is 0. The van der Waals surface area contributed by atoms with E-state index < -0.39 is 17.8 Å². The Bertz CT molecular complexity index is 1020. The maximum Gasteiger partial charge on any atom is 0.379 e. The average molecular weight is 377 g/mol. The summed E-state index contributed by atoms with van der Waals surface area (Å²) in [5, 5.41) is 5.66. The van der Waals surface area contributed by atoms with Crippen molar-refractivity contribution in [1.82, 2.24) is 5.06 Å². The van der Waals surface area contributed by atoms with Crippen LogP contribution in [0.25, 0.3) is 0 Å². The fourth-order valence-electron chi connectivity index (χ4n) is 3.05. The van der Waals surface area contributed by atoms with Gasteiger partial charge >= 0.3 is 5.97 Å². The zero-order valence-corrected chi connectivity index (χ0v) is 14.9. The Balaban J connectivity index is 1.57. The van der Waals surface area contributed by atoms with Crippen LogP contribution in [0.4, 0.5) is 5.69 Å². The monoisotopic (exact) mass is 377 g/mol. The Hall–Kier alpha value is -3.81. The second-order valence-electron chi connectivity index (χ2n) is 6.42. The summed E-state index contributed by atoms with van der Waals surface area (Å²) in [4.78, 5) is 54.4. The van der Waals surface area contributed by atoms with Crippen LogP contribution in [-0.2, 0) is 14.4 Å². The van der Waals surface area contributed by atoms with Crippen LogP contribution in [0.5, 0.6) is 0 Å². The third-order valence-electron chi connectivity index (χ3n) is 4.45. The van der Waals surface area contributed by atoms with Crippen molar-refractivity contribution in [3.63, 3.8) is 0 Å². The summed E-state index contributed by atoms with van der Waals surface area (Å²) < 4.78 is 0. The van der Waals surface area contributed by atoms with Crippen LogP contribution in [0.15, 0.2) is 53.6 Å². The topological polar surface area (TPSA) is 96.3 Å². The predicted molar refractivity (Wildman–Crippen MR) is 98.4 cm³/mol. The molecular formula is C20H15N3O5. The number of carbonyl (C=O) groups is 4. The van der Waals surface area contributed by atoms with E-state index in [4.69, 9.17) is 4.84 Å². The van der Waals surface area contributed by atoms with Gasteiger partial charge in [-0.25, -0.2) is 9.80 Å². The third-order valence-corrected chi connectivity index (χ3v) is 4.45. The van der Waals surface area contributed by atoms with Gasteiger partial charge in [-0.05, 0) is 36.8 Å². The number of nitrogens with zero attached hydrogens (tertiary/aromatic N) is 3. The Kier molecular flexibility index (Phi) is 4.23. The van der Waals surface area contributed by atoms with Crippen molar-refractivity contribution in [1.29, 1.82) is 0 Å². The molecule has 0 saturated carbocycles. The lowest BCUT2D eigenvalue weighted by Gasteiger charge is -2.23. The van der Waals surface area contributed by atoms with Crippen molar-refractivity contribution in [2.45, 2.75) is 19.8 Å². The van der Waals surface area contributed by atoms with E-state index in [1.165, 1.54) is 12.1 Å². The van der Waals surface area contributed by atoms with E-state index in [0.717, 1.165) is 10.6 Å². The van der Waals surface area contributed by atoms with E-state index in [1.807, 2.05) is 13.0 Å². The molecule has 0 spiro atoms. The molecule has 0 unspecified atom stereocenters. The van der Waals surface area contributed by atoms with Gasteiger partial charge in [0.1, 0.15) is 5.71 Å². The number of hydrogen-bond acceptors (Lipinski definition) is 6. The number of benzene rings is 2. The van der Waals surface area contributed by atoms with Gasteiger partial charge in [0.15, 0.2) is 0 Å². The predicted octanol–water partition coefficient (Wildman–Crippen LogP) is 2.23. The number of imide groups is 1. The molecule has 0 atom stereocenters. The van der Waals surface area contributed by atoms with Gasteiger partial charge in [0.2, 0.25) is 5.91 Å². The van der Waals surface area contributed by atoms with Gasteiger partial charge in [-0.15, -0.1) is 0 Å². The maximum atomic E-state index is 12.5. The first kappa shape index (κ1) is 17.6. The summed E-state index contributed by atoms with van der Waals surface area (Å²) in [7, 11) is 0. The van der Waals surface area contributed by atoms with E-state index in [2.05, 4.69) is 5.10 Å². The molecule has 0 aromatic heterocycles. The number of hydrazone groups is 1. The van der Waals surface area contributed by atoms with Crippen LogP contribution in [-0.4, -0.2) is 34.5 Å². The third kappa shape index (κ3) is 2.94. The van der Waals surface area contributed by atoms with E-state index in [9.17, 15) is 19.2 Å². The fraction of sp³-hybridized carbons (Fsp3) is 0.150. The molecule has 0 radical (unpaired) electrons. The van der Waals surface area contributed by atoms with Gasteiger partial charge in [0.05, 0.1) is 16.8 Å². The van der Waals surface area contributed by atoms with E-state index in [-0.39, 0.29) is 35.6 Å². The average Bonchev–Trinajstić information content (AvgIpc) is 2.93. The molecule has 8 heteroatoms. The smallest absolute Gasteiger partial charge is 0.323 e. The van der Waals surface area contributed by atoms with E-state index in [1.54, 1.807) is 30.3 Å². The first-order chi connectivity index (χ1) is 13.5. The Labute approximate surface area is 159 Å². The molecule has 0 N–H and O–H groups in total. The van der Waals surface area contributed by atoms with Crippen molar-refractivity contribution in [3.8, 4) is 0 Å². The molecule has 2 aromatic rings. The zero-order chi connectivity index (χ0) is 19.8. The second-order valence-corrected chi connectivity index (χ2v) is 6.42. The number of fused-ring (bicyclic) bond motifs is 1. The number of aryl methyl sites for hydroxylation is 1. The van der Waals surface area contributed by atoms with E-state index in [0.29, 0.717) is 10.8 Å². The molecule has 140 valence electrons.